The number of hydrogen-bond donors (Lipinski definition) is 2. The van der Waals surface area contributed by atoms with E-state index in [9.17, 15) is 14.4 Å². The molecule has 0 radical (unpaired) electrons. The summed E-state index contributed by atoms with van der Waals surface area (Å²) < 4.78 is 12.8. The van der Waals surface area contributed by atoms with E-state index >= 15 is 0 Å². The first kappa shape index (κ1) is 27.5. The first-order valence-electron chi connectivity index (χ1n) is 11.8. The number of rotatable bonds is 9. The normalized spacial score (nSPS) is 14.0. The van der Waals surface area contributed by atoms with Gasteiger partial charge in [-0.2, -0.15) is 0 Å². The number of nitrogens with one attached hydrogen (secondary N) is 2. The molecule has 1 aliphatic rings. The Labute approximate surface area is 239 Å². The topological polar surface area (TPSA) is 97.0 Å². The summed E-state index contributed by atoms with van der Waals surface area (Å²) in [5, 5.41) is 5.51. The lowest BCUT2D eigenvalue weighted by Crippen LogP contribution is -2.38. The summed E-state index contributed by atoms with van der Waals surface area (Å²) >= 11 is 8.76. The molecule has 0 saturated carbocycles. The van der Waals surface area contributed by atoms with Crippen LogP contribution in [0, 0.1) is 10.5 Å². The molecule has 1 saturated heterocycles. The quantitative estimate of drug-likeness (QED) is 0.175. The molecule has 0 unspecified atom stereocenters. The summed E-state index contributed by atoms with van der Waals surface area (Å²) in [5.74, 6) is -0.326. The Hall–Kier alpha value is -3.57. The number of aryl methyl sites for hydroxylation is 1. The zero-order chi connectivity index (χ0) is 27.2. The van der Waals surface area contributed by atoms with Crippen LogP contribution in [-0.4, -0.2) is 35.9 Å². The van der Waals surface area contributed by atoms with Crippen molar-refractivity contribution in [2.75, 3.05) is 18.5 Å². The Morgan fingerprint density at radius 2 is 1.87 bits per heavy atom. The minimum Gasteiger partial charge on any atom is -0.490 e. The molecule has 0 aromatic heterocycles. The van der Waals surface area contributed by atoms with Gasteiger partial charge in [-0.1, -0.05) is 35.9 Å². The molecule has 1 heterocycles. The number of carbonyl (C=O) groups excluding carboxylic acids is 3. The summed E-state index contributed by atoms with van der Waals surface area (Å²) in [5.41, 5.74) is 3.07. The predicted octanol–water partition coefficient (Wildman–Crippen LogP) is 5.76. The second-order valence-corrected chi connectivity index (χ2v) is 10.1. The molecule has 1 fully saturated rings. The van der Waals surface area contributed by atoms with Crippen molar-refractivity contribution in [1.82, 2.24) is 10.2 Å². The van der Waals surface area contributed by atoms with Gasteiger partial charge in [-0.25, -0.2) is 9.69 Å². The van der Waals surface area contributed by atoms with Gasteiger partial charge in [-0.15, -0.1) is 0 Å². The fourth-order valence-corrected chi connectivity index (χ4v) is 4.39. The van der Waals surface area contributed by atoms with Crippen molar-refractivity contribution in [2.45, 2.75) is 20.5 Å². The van der Waals surface area contributed by atoms with Crippen LogP contribution >= 0.6 is 34.2 Å². The number of urea groups is 1. The molecule has 4 rings (SSSR count). The van der Waals surface area contributed by atoms with Crippen LogP contribution in [-0.2, 0) is 16.2 Å². The third-order valence-electron chi connectivity index (χ3n) is 5.50. The van der Waals surface area contributed by atoms with Crippen molar-refractivity contribution in [3.8, 4) is 11.5 Å². The molecular formula is C28H25ClIN3O5. The van der Waals surface area contributed by atoms with Gasteiger partial charge in [0.1, 0.15) is 18.8 Å². The van der Waals surface area contributed by atoms with Crippen molar-refractivity contribution < 1.29 is 23.9 Å². The third-order valence-corrected chi connectivity index (χ3v) is 6.50. The van der Waals surface area contributed by atoms with Crippen LogP contribution < -0.4 is 20.1 Å². The maximum Gasteiger partial charge on any atom is 0.329 e. The number of ether oxygens (including phenoxy) is 2. The number of amides is 4. The van der Waals surface area contributed by atoms with Crippen molar-refractivity contribution in [2.24, 2.45) is 0 Å². The number of imide groups is 1. The van der Waals surface area contributed by atoms with Gasteiger partial charge in [-0.05, 0) is 95.6 Å². The molecule has 0 aliphatic carbocycles. The van der Waals surface area contributed by atoms with Crippen LogP contribution in [0.2, 0.25) is 5.02 Å². The second-order valence-electron chi connectivity index (χ2n) is 8.48. The SMILES string of the molecule is CCOc1cc(/C=C2/NC(=O)N(CC(=O)Nc3cccc(C)c3)C2=O)cc(Cl)c1OCc1ccc(I)cc1. The fourth-order valence-electron chi connectivity index (χ4n) is 3.76. The van der Waals surface area contributed by atoms with Crippen molar-refractivity contribution in [3.05, 3.63) is 91.6 Å². The van der Waals surface area contributed by atoms with E-state index in [2.05, 4.69) is 33.2 Å². The number of carbonyl (C=O) groups is 3. The predicted molar refractivity (Wildman–Crippen MR) is 154 cm³/mol. The number of anilines is 1. The molecule has 196 valence electrons. The van der Waals surface area contributed by atoms with E-state index in [1.165, 1.54) is 6.08 Å². The van der Waals surface area contributed by atoms with Gasteiger partial charge in [0.25, 0.3) is 5.91 Å². The summed E-state index contributed by atoms with van der Waals surface area (Å²) in [6.07, 6.45) is 1.48. The first-order valence-corrected chi connectivity index (χ1v) is 13.2. The lowest BCUT2D eigenvalue weighted by molar-refractivity contribution is -0.127. The average molecular weight is 646 g/mol. The highest BCUT2D eigenvalue weighted by Crippen LogP contribution is 2.38. The zero-order valence-electron chi connectivity index (χ0n) is 20.7. The van der Waals surface area contributed by atoms with Crippen LogP contribution in [0.3, 0.4) is 0 Å². The Balaban J connectivity index is 1.48. The Morgan fingerprint density at radius 3 is 2.58 bits per heavy atom. The summed E-state index contributed by atoms with van der Waals surface area (Å²) in [6, 6.07) is 17.8. The van der Waals surface area contributed by atoms with E-state index in [4.69, 9.17) is 21.1 Å². The van der Waals surface area contributed by atoms with Gasteiger partial charge in [0.2, 0.25) is 5.91 Å². The summed E-state index contributed by atoms with van der Waals surface area (Å²) in [6.45, 7) is 3.98. The zero-order valence-corrected chi connectivity index (χ0v) is 23.6. The maximum atomic E-state index is 12.9. The van der Waals surface area contributed by atoms with Crippen LogP contribution in [0.4, 0.5) is 10.5 Å². The van der Waals surface area contributed by atoms with Gasteiger partial charge < -0.3 is 20.1 Å². The summed E-state index contributed by atoms with van der Waals surface area (Å²) in [4.78, 5) is 38.7. The van der Waals surface area contributed by atoms with Gasteiger partial charge in [-0.3, -0.25) is 9.59 Å². The van der Waals surface area contributed by atoms with Gasteiger partial charge in [0.05, 0.1) is 11.6 Å². The average Bonchev–Trinajstić information content (AvgIpc) is 3.12. The molecule has 0 spiro atoms. The molecule has 0 atom stereocenters. The highest BCUT2D eigenvalue weighted by Gasteiger charge is 2.35. The van der Waals surface area contributed by atoms with Crippen LogP contribution in [0.25, 0.3) is 6.08 Å². The van der Waals surface area contributed by atoms with E-state index < -0.39 is 24.4 Å². The molecule has 4 amide bonds. The Morgan fingerprint density at radius 1 is 1.11 bits per heavy atom. The lowest BCUT2D eigenvalue weighted by atomic mass is 10.1. The van der Waals surface area contributed by atoms with Crippen LogP contribution in [0.5, 0.6) is 11.5 Å². The van der Waals surface area contributed by atoms with Crippen molar-refractivity contribution >= 4 is 63.8 Å². The highest BCUT2D eigenvalue weighted by atomic mass is 127. The molecule has 2 N–H and O–H groups in total. The van der Waals surface area contributed by atoms with E-state index in [0.717, 1.165) is 19.6 Å². The fraction of sp³-hybridized carbons (Fsp3) is 0.179. The molecule has 3 aromatic rings. The second kappa shape index (κ2) is 12.3. The first-order chi connectivity index (χ1) is 18.2. The molecule has 1 aliphatic heterocycles. The number of halogens is 2. The van der Waals surface area contributed by atoms with Crippen molar-refractivity contribution in [3.63, 3.8) is 0 Å². The van der Waals surface area contributed by atoms with Crippen LogP contribution in [0.1, 0.15) is 23.6 Å². The third kappa shape index (κ3) is 6.84. The number of benzene rings is 3. The molecule has 38 heavy (non-hydrogen) atoms. The largest absolute Gasteiger partial charge is 0.490 e. The smallest absolute Gasteiger partial charge is 0.329 e. The minimum absolute atomic E-state index is 0.0180. The standard InChI is InChI=1S/C28H25ClIN3O5/c1-3-37-24-14-19(12-22(29)26(24)38-16-18-7-9-20(30)10-8-18)13-23-27(35)33(28(36)32-23)15-25(34)31-21-6-4-5-17(2)11-21/h4-14H,3,15-16H2,1-2H3,(H,31,34)(H,32,36)/b23-13+. The molecule has 8 nitrogen and oxygen atoms in total. The van der Waals surface area contributed by atoms with Gasteiger partial charge >= 0.3 is 6.03 Å². The van der Waals surface area contributed by atoms with E-state index in [1.54, 1.807) is 30.3 Å². The molecule has 3 aromatic carbocycles. The monoisotopic (exact) mass is 645 g/mol. The van der Waals surface area contributed by atoms with Crippen molar-refractivity contribution in [1.29, 1.82) is 0 Å². The van der Waals surface area contributed by atoms with Gasteiger partial charge in [0, 0.05) is 9.26 Å². The Bertz CT molecular complexity index is 1410. The van der Waals surface area contributed by atoms with Crippen LogP contribution in [0.15, 0.2) is 66.4 Å². The van der Waals surface area contributed by atoms with E-state index in [1.807, 2.05) is 44.2 Å². The minimum atomic E-state index is -0.686. The number of hydrogen-bond acceptors (Lipinski definition) is 5. The molecule has 10 heteroatoms. The highest BCUT2D eigenvalue weighted by molar-refractivity contribution is 14.1. The maximum absolute atomic E-state index is 12.9. The summed E-state index contributed by atoms with van der Waals surface area (Å²) in [7, 11) is 0. The van der Waals surface area contributed by atoms with E-state index in [0.29, 0.717) is 41.0 Å². The Kier molecular flexibility index (Phi) is 8.90. The van der Waals surface area contributed by atoms with Gasteiger partial charge in [0.15, 0.2) is 11.5 Å². The van der Waals surface area contributed by atoms with E-state index in [-0.39, 0.29) is 5.70 Å². The molecular weight excluding hydrogens is 621 g/mol. The lowest BCUT2D eigenvalue weighted by Gasteiger charge is -2.15. The number of nitrogens with zero attached hydrogens (tertiary/aromatic N) is 1. The molecule has 0 bridgehead atoms.